The minimum Gasteiger partial charge on any atom is -0.475 e. The van der Waals surface area contributed by atoms with Gasteiger partial charge in [-0.25, -0.2) is 13.2 Å². The average molecular weight is 356 g/mol. The Kier molecular flexibility index (Phi) is 5.13. The number of carbonyl (C=O) groups is 1. The van der Waals surface area contributed by atoms with E-state index in [0.717, 1.165) is 10.4 Å². The fourth-order valence-electron chi connectivity index (χ4n) is 1.51. The average Bonchev–Trinajstić information content (AvgIpc) is 2.68. The minimum absolute atomic E-state index is 0.0833. The highest BCUT2D eigenvalue weighted by molar-refractivity contribution is 9.10. The van der Waals surface area contributed by atoms with Gasteiger partial charge in [-0.3, -0.25) is 0 Å². The number of aliphatic hydroxyl groups is 1. The molecule has 0 unspecified atom stereocenters. The van der Waals surface area contributed by atoms with Crippen molar-refractivity contribution in [2.45, 2.75) is 24.8 Å². The molecule has 0 aliphatic heterocycles. The molecule has 1 rings (SSSR count). The Bertz CT molecular complexity index is 565. The summed E-state index contributed by atoms with van der Waals surface area (Å²) in [5.74, 6) is -1.83. The first kappa shape index (κ1) is 16.2. The standard InChI is InChI=1S/C10H14BrNO6S/c1-6(2)12(3-4-13)19(16,17)8-5-7(10(14)15)18-9(8)11/h5-6,13H,3-4H2,1-2H3,(H,14,15). The lowest BCUT2D eigenvalue weighted by atomic mass is 10.4. The van der Waals surface area contributed by atoms with Crippen LogP contribution in [0.2, 0.25) is 0 Å². The van der Waals surface area contributed by atoms with E-state index in [1.807, 2.05) is 0 Å². The van der Waals surface area contributed by atoms with Crippen LogP contribution in [-0.2, 0) is 10.0 Å². The molecular weight excluding hydrogens is 342 g/mol. The number of carboxylic acid groups (broad SMARTS) is 1. The van der Waals surface area contributed by atoms with Crippen LogP contribution in [0.15, 0.2) is 20.0 Å². The van der Waals surface area contributed by atoms with Gasteiger partial charge in [-0.2, -0.15) is 4.31 Å². The van der Waals surface area contributed by atoms with Crippen LogP contribution in [0.25, 0.3) is 0 Å². The Morgan fingerprint density at radius 2 is 2.11 bits per heavy atom. The first-order valence-electron chi connectivity index (χ1n) is 5.37. The highest BCUT2D eigenvalue weighted by Crippen LogP contribution is 2.29. The second-order valence-corrected chi connectivity index (χ2v) is 6.57. The first-order valence-corrected chi connectivity index (χ1v) is 7.60. The first-order chi connectivity index (χ1) is 8.71. The van der Waals surface area contributed by atoms with Gasteiger partial charge in [-0.05, 0) is 29.8 Å². The maximum atomic E-state index is 12.4. The van der Waals surface area contributed by atoms with Gasteiger partial charge >= 0.3 is 5.97 Å². The topological polar surface area (TPSA) is 108 Å². The van der Waals surface area contributed by atoms with E-state index >= 15 is 0 Å². The molecule has 0 aliphatic rings. The van der Waals surface area contributed by atoms with Crippen molar-refractivity contribution in [1.29, 1.82) is 0 Å². The molecule has 1 aromatic heterocycles. The van der Waals surface area contributed by atoms with Crippen LogP contribution in [0.5, 0.6) is 0 Å². The Hall–Kier alpha value is -0.900. The monoisotopic (exact) mass is 355 g/mol. The van der Waals surface area contributed by atoms with E-state index in [1.165, 1.54) is 0 Å². The van der Waals surface area contributed by atoms with Crippen LogP contribution in [-0.4, -0.2) is 48.1 Å². The molecule has 1 aromatic rings. The van der Waals surface area contributed by atoms with Crippen LogP contribution < -0.4 is 0 Å². The molecule has 19 heavy (non-hydrogen) atoms. The largest absolute Gasteiger partial charge is 0.475 e. The third-order valence-electron chi connectivity index (χ3n) is 2.35. The number of furan rings is 1. The molecule has 0 saturated carbocycles. The Morgan fingerprint density at radius 3 is 2.47 bits per heavy atom. The van der Waals surface area contributed by atoms with Gasteiger partial charge in [-0.15, -0.1) is 0 Å². The van der Waals surface area contributed by atoms with Gasteiger partial charge in [0.1, 0.15) is 4.90 Å². The summed E-state index contributed by atoms with van der Waals surface area (Å²) in [6, 6.07) is 0.557. The molecular formula is C10H14BrNO6S. The van der Waals surface area contributed by atoms with Crippen molar-refractivity contribution < 1.29 is 27.8 Å². The van der Waals surface area contributed by atoms with Crippen LogP contribution in [0, 0.1) is 0 Å². The van der Waals surface area contributed by atoms with Gasteiger partial charge in [0.2, 0.25) is 15.8 Å². The summed E-state index contributed by atoms with van der Waals surface area (Å²) in [6.07, 6.45) is 0. The summed E-state index contributed by atoms with van der Waals surface area (Å²) in [6.45, 7) is 2.89. The minimum atomic E-state index is -3.94. The second-order valence-electron chi connectivity index (χ2n) is 3.99. The maximum absolute atomic E-state index is 12.4. The predicted octanol–water partition coefficient (Wildman–Crippen LogP) is 1.13. The van der Waals surface area contributed by atoms with E-state index in [0.29, 0.717) is 0 Å². The van der Waals surface area contributed by atoms with Crippen molar-refractivity contribution in [3.63, 3.8) is 0 Å². The highest BCUT2D eigenvalue weighted by Gasteiger charge is 2.32. The quantitative estimate of drug-likeness (QED) is 0.791. The molecule has 0 spiro atoms. The molecule has 0 bridgehead atoms. The molecule has 108 valence electrons. The van der Waals surface area contributed by atoms with Crippen LogP contribution >= 0.6 is 15.9 Å². The van der Waals surface area contributed by atoms with Crippen LogP contribution in [0.3, 0.4) is 0 Å². The summed E-state index contributed by atoms with van der Waals surface area (Å²) >= 11 is 2.89. The van der Waals surface area contributed by atoms with Gasteiger partial charge in [0, 0.05) is 18.7 Å². The van der Waals surface area contributed by atoms with Crippen molar-refractivity contribution in [1.82, 2.24) is 4.31 Å². The number of sulfonamides is 1. The molecule has 9 heteroatoms. The van der Waals surface area contributed by atoms with Gasteiger partial charge in [0.15, 0.2) is 4.67 Å². The third kappa shape index (κ3) is 3.35. The second kappa shape index (κ2) is 6.04. The number of halogens is 1. The third-order valence-corrected chi connectivity index (χ3v) is 5.28. The fraction of sp³-hybridized carbons (Fsp3) is 0.500. The molecule has 0 amide bonds. The zero-order valence-electron chi connectivity index (χ0n) is 10.3. The van der Waals surface area contributed by atoms with Gasteiger partial charge in [0.05, 0.1) is 6.61 Å². The molecule has 7 nitrogen and oxygen atoms in total. The summed E-state index contributed by atoms with van der Waals surface area (Å²) in [4.78, 5) is 10.5. The Labute approximate surface area is 119 Å². The number of hydrogen-bond acceptors (Lipinski definition) is 5. The highest BCUT2D eigenvalue weighted by atomic mass is 79.9. The maximum Gasteiger partial charge on any atom is 0.371 e. The lowest BCUT2D eigenvalue weighted by Gasteiger charge is -2.24. The van der Waals surface area contributed by atoms with Crippen LogP contribution in [0.1, 0.15) is 24.4 Å². The molecule has 1 heterocycles. The number of aromatic carboxylic acids is 1. The molecule has 0 fully saturated rings. The smallest absolute Gasteiger partial charge is 0.371 e. The number of aliphatic hydroxyl groups excluding tert-OH is 1. The lowest BCUT2D eigenvalue weighted by molar-refractivity contribution is 0.0661. The number of nitrogens with zero attached hydrogens (tertiary/aromatic N) is 1. The normalized spacial score (nSPS) is 12.3. The lowest BCUT2D eigenvalue weighted by Crippen LogP contribution is -2.38. The summed E-state index contributed by atoms with van der Waals surface area (Å²) in [5.41, 5.74) is 0. The van der Waals surface area contributed by atoms with E-state index in [1.54, 1.807) is 13.8 Å². The SMILES string of the molecule is CC(C)N(CCO)S(=O)(=O)c1cc(C(=O)O)oc1Br. The van der Waals surface area contributed by atoms with Crippen molar-refractivity contribution in [3.8, 4) is 0 Å². The molecule has 0 radical (unpaired) electrons. The van der Waals surface area contributed by atoms with E-state index in [9.17, 15) is 13.2 Å². The fourth-order valence-corrected chi connectivity index (χ4v) is 4.05. The molecule has 2 N–H and O–H groups in total. The van der Waals surface area contributed by atoms with Crippen molar-refractivity contribution >= 4 is 31.9 Å². The van der Waals surface area contributed by atoms with Gasteiger partial charge < -0.3 is 14.6 Å². The molecule has 0 atom stereocenters. The summed E-state index contributed by atoms with van der Waals surface area (Å²) in [5, 5.41) is 17.7. The summed E-state index contributed by atoms with van der Waals surface area (Å²) < 4.78 is 30.4. The summed E-state index contributed by atoms with van der Waals surface area (Å²) in [7, 11) is -3.94. The molecule has 0 saturated heterocycles. The van der Waals surface area contributed by atoms with Crippen molar-refractivity contribution in [2.75, 3.05) is 13.2 Å². The molecule has 0 aromatic carbocycles. The van der Waals surface area contributed by atoms with Gasteiger partial charge in [-0.1, -0.05) is 0 Å². The van der Waals surface area contributed by atoms with Crippen molar-refractivity contribution in [3.05, 3.63) is 16.5 Å². The van der Waals surface area contributed by atoms with E-state index in [-0.39, 0.29) is 28.8 Å². The predicted molar refractivity (Wildman–Crippen MR) is 69.5 cm³/mol. The Balaban J connectivity index is 3.29. The van der Waals surface area contributed by atoms with Gasteiger partial charge in [0.25, 0.3) is 0 Å². The number of carboxylic acids is 1. The molecule has 0 aliphatic carbocycles. The Morgan fingerprint density at radius 1 is 1.53 bits per heavy atom. The van der Waals surface area contributed by atoms with E-state index in [2.05, 4.69) is 15.9 Å². The van der Waals surface area contributed by atoms with E-state index < -0.39 is 21.8 Å². The van der Waals surface area contributed by atoms with E-state index in [4.69, 9.17) is 14.6 Å². The van der Waals surface area contributed by atoms with Crippen LogP contribution in [0.4, 0.5) is 0 Å². The number of hydrogen-bond donors (Lipinski definition) is 2. The zero-order valence-corrected chi connectivity index (χ0v) is 12.7. The van der Waals surface area contributed by atoms with Crippen molar-refractivity contribution in [2.24, 2.45) is 0 Å². The number of rotatable bonds is 6. The zero-order chi connectivity index (χ0) is 14.8.